The first kappa shape index (κ1) is 14.8. The number of nitrogens with one attached hydrogen (secondary N) is 2. The molecule has 19 heavy (non-hydrogen) atoms. The molecule has 0 unspecified atom stereocenters. The average molecular weight is 270 g/mol. The molecule has 0 atom stereocenters. The van der Waals surface area contributed by atoms with Crippen molar-refractivity contribution in [2.24, 2.45) is 5.92 Å². The number of ether oxygens (including phenoxy) is 2. The minimum Gasteiger partial charge on any atom is -0.381 e. The number of carbonyl (C=O) groups excluding carboxylic acids is 1. The van der Waals surface area contributed by atoms with Crippen molar-refractivity contribution in [3.05, 3.63) is 0 Å². The summed E-state index contributed by atoms with van der Waals surface area (Å²) >= 11 is 0. The van der Waals surface area contributed by atoms with Gasteiger partial charge in [-0.1, -0.05) is 0 Å². The molecule has 0 bridgehead atoms. The Labute approximate surface area is 115 Å². The van der Waals surface area contributed by atoms with Gasteiger partial charge in [0.05, 0.1) is 6.10 Å². The summed E-state index contributed by atoms with van der Waals surface area (Å²) in [7, 11) is 0. The third-order valence-corrected chi connectivity index (χ3v) is 3.57. The second-order valence-electron chi connectivity index (χ2n) is 5.48. The Morgan fingerprint density at radius 3 is 2.74 bits per heavy atom. The van der Waals surface area contributed by atoms with Gasteiger partial charge in [-0.05, 0) is 51.1 Å². The number of hydrogen-bond acceptors (Lipinski definition) is 4. The first-order chi connectivity index (χ1) is 9.34. The van der Waals surface area contributed by atoms with Gasteiger partial charge in [0.15, 0.2) is 0 Å². The zero-order valence-electron chi connectivity index (χ0n) is 11.7. The molecule has 0 spiro atoms. The van der Waals surface area contributed by atoms with E-state index < -0.39 is 0 Å². The molecule has 0 aromatic heterocycles. The van der Waals surface area contributed by atoms with Crippen LogP contribution in [0.4, 0.5) is 0 Å². The van der Waals surface area contributed by atoms with Crippen LogP contribution in [0.3, 0.4) is 0 Å². The van der Waals surface area contributed by atoms with E-state index in [1.54, 1.807) is 0 Å². The highest BCUT2D eigenvalue weighted by Crippen LogP contribution is 2.28. The van der Waals surface area contributed by atoms with Crippen molar-refractivity contribution in [1.29, 1.82) is 0 Å². The number of rotatable bonds is 9. The van der Waals surface area contributed by atoms with Gasteiger partial charge in [-0.25, -0.2) is 0 Å². The van der Waals surface area contributed by atoms with Gasteiger partial charge in [0.2, 0.25) is 5.91 Å². The molecule has 2 rings (SSSR count). The van der Waals surface area contributed by atoms with Crippen LogP contribution in [-0.4, -0.2) is 51.5 Å². The van der Waals surface area contributed by atoms with E-state index in [1.165, 1.54) is 12.8 Å². The van der Waals surface area contributed by atoms with Crippen molar-refractivity contribution in [2.75, 3.05) is 39.5 Å². The fraction of sp³-hybridized carbons (Fsp3) is 0.929. The molecule has 5 nitrogen and oxygen atoms in total. The van der Waals surface area contributed by atoms with E-state index in [1.807, 2.05) is 0 Å². The zero-order valence-corrected chi connectivity index (χ0v) is 11.7. The number of piperidine rings is 1. The normalized spacial score (nSPS) is 20.4. The molecule has 2 fully saturated rings. The molecule has 1 heterocycles. The van der Waals surface area contributed by atoms with Crippen LogP contribution >= 0.6 is 0 Å². The van der Waals surface area contributed by atoms with Crippen molar-refractivity contribution in [3.63, 3.8) is 0 Å². The maximum Gasteiger partial charge on any atom is 0.246 e. The van der Waals surface area contributed by atoms with Crippen LogP contribution in [0, 0.1) is 5.92 Å². The van der Waals surface area contributed by atoms with Gasteiger partial charge in [0.25, 0.3) is 0 Å². The number of amides is 1. The highest BCUT2D eigenvalue weighted by Gasteiger charge is 2.20. The monoisotopic (exact) mass is 270 g/mol. The number of carbonyl (C=O) groups is 1. The highest BCUT2D eigenvalue weighted by molar-refractivity contribution is 5.77. The smallest absolute Gasteiger partial charge is 0.246 e. The molecular weight excluding hydrogens is 244 g/mol. The fourth-order valence-electron chi connectivity index (χ4n) is 2.14. The van der Waals surface area contributed by atoms with Gasteiger partial charge < -0.3 is 20.1 Å². The molecule has 0 aromatic carbocycles. The molecule has 1 saturated carbocycles. The summed E-state index contributed by atoms with van der Waals surface area (Å²) in [5.41, 5.74) is 0. The van der Waals surface area contributed by atoms with Crippen LogP contribution in [0.2, 0.25) is 0 Å². The van der Waals surface area contributed by atoms with Gasteiger partial charge in [-0.15, -0.1) is 0 Å². The first-order valence-corrected chi connectivity index (χ1v) is 7.51. The third kappa shape index (κ3) is 6.89. The fourth-order valence-corrected chi connectivity index (χ4v) is 2.14. The molecule has 1 aliphatic heterocycles. The Bertz CT molecular complexity index is 263. The van der Waals surface area contributed by atoms with Gasteiger partial charge in [0.1, 0.15) is 6.61 Å². The second kappa shape index (κ2) is 8.51. The first-order valence-electron chi connectivity index (χ1n) is 7.51. The summed E-state index contributed by atoms with van der Waals surface area (Å²) in [6, 6.07) is 0. The third-order valence-electron chi connectivity index (χ3n) is 3.57. The van der Waals surface area contributed by atoms with Gasteiger partial charge in [0, 0.05) is 19.8 Å². The van der Waals surface area contributed by atoms with Crippen molar-refractivity contribution < 1.29 is 14.3 Å². The summed E-state index contributed by atoms with van der Waals surface area (Å²) in [6.45, 7) is 4.49. The van der Waals surface area contributed by atoms with Crippen molar-refractivity contribution >= 4 is 5.91 Å². The Hall–Kier alpha value is -0.650. The summed E-state index contributed by atoms with van der Waals surface area (Å²) < 4.78 is 11.1. The largest absolute Gasteiger partial charge is 0.381 e. The van der Waals surface area contributed by atoms with Crippen molar-refractivity contribution in [1.82, 2.24) is 10.6 Å². The maximum atomic E-state index is 11.5. The second-order valence-corrected chi connectivity index (χ2v) is 5.48. The highest BCUT2D eigenvalue weighted by atomic mass is 16.5. The summed E-state index contributed by atoms with van der Waals surface area (Å²) in [5, 5.41) is 6.14. The van der Waals surface area contributed by atoms with E-state index in [4.69, 9.17) is 9.47 Å². The molecule has 1 amide bonds. The summed E-state index contributed by atoms with van der Waals surface area (Å²) in [6.07, 6.45) is 5.78. The van der Waals surface area contributed by atoms with Crippen molar-refractivity contribution in [2.45, 2.75) is 38.2 Å². The molecule has 2 aliphatic rings. The van der Waals surface area contributed by atoms with Crippen LogP contribution in [0.1, 0.15) is 32.1 Å². The van der Waals surface area contributed by atoms with Gasteiger partial charge in [-0.3, -0.25) is 4.79 Å². The van der Waals surface area contributed by atoms with Crippen LogP contribution in [0.5, 0.6) is 0 Å². The molecule has 2 N–H and O–H groups in total. The molecule has 0 radical (unpaired) electrons. The minimum absolute atomic E-state index is 0.0132. The van der Waals surface area contributed by atoms with Crippen LogP contribution < -0.4 is 10.6 Å². The van der Waals surface area contributed by atoms with E-state index in [0.717, 1.165) is 51.5 Å². The van der Waals surface area contributed by atoms with Gasteiger partial charge >= 0.3 is 0 Å². The lowest BCUT2D eigenvalue weighted by Gasteiger charge is -2.22. The Kier molecular flexibility index (Phi) is 6.61. The predicted molar refractivity (Wildman–Crippen MR) is 73.0 cm³/mol. The van der Waals surface area contributed by atoms with Crippen LogP contribution in [-0.2, 0) is 14.3 Å². The van der Waals surface area contributed by atoms with Crippen LogP contribution in [0.15, 0.2) is 0 Å². The average Bonchev–Trinajstić information content (AvgIpc) is 3.26. The Morgan fingerprint density at radius 2 is 2.00 bits per heavy atom. The molecule has 1 saturated heterocycles. The Balaban J connectivity index is 1.38. The molecule has 5 heteroatoms. The van der Waals surface area contributed by atoms with Crippen LogP contribution in [0.25, 0.3) is 0 Å². The molecule has 110 valence electrons. The topological polar surface area (TPSA) is 59.6 Å². The van der Waals surface area contributed by atoms with E-state index in [9.17, 15) is 4.79 Å². The molecule has 0 aromatic rings. The molecular formula is C14H26N2O3. The molecule has 1 aliphatic carbocycles. The van der Waals surface area contributed by atoms with Crippen molar-refractivity contribution in [3.8, 4) is 0 Å². The minimum atomic E-state index is -0.0132. The standard InChI is InChI=1S/C14H26N2O3/c17-14(11-19-13-4-7-15-8-5-13)16-6-1-9-18-10-12-2-3-12/h12-13,15H,1-11H2,(H,16,17). The predicted octanol–water partition coefficient (Wildman–Crippen LogP) is 0.688. The lowest BCUT2D eigenvalue weighted by atomic mass is 10.1. The maximum absolute atomic E-state index is 11.5. The lowest BCUT2D eigenvalue weighted by Crippen LogP contribution is -2.36. The van der Waals surface area contributed by atoms with E-state index in [-0.39, 0.29) is 18.6 Å². The summed E-state index contributed by atoms with van der Waals surface area (Å²) in [5.74, 6) is 0.800. The lowest BCUT2D eigenvalue weighted by molar-refractivity contribution is -0.128. The van der Waals surface area contributed by atoms with E-state index >= 15 is 0 Å². The zero-order chi connectivity index (χ0) is 13.3. The van der Waals surface area contributed by atoms with Gasteiger partial charge in [-0.2, -0.15) is 0 Å². The Morgan fingerprint density at radius 1 is 1.21 bits per heavy atom. The summed E-state index contributed by atoms with van der Waals surface area (Å²) in [4.78, 5) is 11.5. The quantitative estimate of drug-likeness (QED) is 0.605. The van der Waals surface area contributed by atoms with E-state index in [2.05, 4.69) is 10.6 Å². The SMILES string of the molecule is O=C(COC1CCNCC1)NCCCOCC1CC1. The van der Waals surface area contributed by atoms with E-state index in [0.29, 0.717) is 6.54 Å². The number of hydrogen-bond donors (Lipinski definition) is 2.